The Bertz CT molecular complexity index is 2060. The first-order valence-corrected chi connectivity index (χ1v) is 24.2. The first kappa shape index (κ1) is 56.2. The normalized spacial score (nSPS) is 39.7. The van der Waals surface area contributed by atoms with E-state index in [0.29, 0.717) is 17.3 Å². The molecular weight excluding hydrogens is 897 g/mol. The number of Topliss-reactive ketones (excluding diaryl/α,β-unsaturated/α-hetero) is 1. The second-order valence-corrected chi connectivity index (χ2v) is 20.3. The molecule has 18 heteroatoms. The zero-order valence-electron chi connectivity index (χ0n) is 43.2. The van der Waals surface area contributed by atoms with E-state index >= 15 is 0 Å². The number of ketones is 1. The molecule has 4 heterocycles. The smallest absolute Gasteiger partial charge is 0.340 e. The minimum absolute atomic E-state index is 0.0433. The fourth-order valence-corrected chi connectivity index (χ4v) is 10.8. The van der Waals surface area contributed by atoms with E-state index in [2.05, 4.69) is 4.98 Å². The topological polar surface area (TPSA) is 217 Å². The number of likely N-dealkylation sites (N-methyl/N-ethyl adjacent to an activating group) is 1. The maximum Gasteiger partial charge on any atom is 0.340 e. The number of hydrogen-bond acceptors (Lipinski definition) is 18. The summed E-state index contributed by atoms with van der Waals surface area (Å²) in [4.78, 5) is 61.6. The number of carbonyl (C=O) groups is 4. The zero-order chi connectivity index (χ0) is 51.3. The van der Waals surface area contributed by atoms with Crippen molar-refractivity contribution in [2.24, 2.45) is 23.7 Å². The highest BCUT2D eigenvalue weighted by Gasteiger charge is 2.55. The van der Waals surface area contributed by atoms with Crippen LogP contribution in [0.2, 0.25) is 0 Å². The molecular formula is C51H78N2O16. The van der Waals surface area contributed by atoms with E-state index in [0.717, 1.165) is 0 Å². The molecule has 69 heavy (non-hydrogen) atoms. The van der Waals surface area contributed by atoms with Gasteiger partial charge in [-0.1, -0.05) is 45.9 Å². The van der Waals surface area contributed by atoms with Crippen LogP contribution in [0.25, 0.3) is 10.9 Å². The molecule has 0 radical (unpaired) electrons. The van der Waals surface area contributed by atoms with E-state index in [1.54, 1.807) is 72.7 Å². The molecule has 3 fully saturated rings. The molecule has 0 bridgehead atoms. The van der Waals surface area contributed by atoms with E-state index in [1.165, 1.54) is 40.3 Å². The van der Waals surface area contributed by atoms with Gasteiger partial charge in [-0.15, -0.1) is 0 Å². The number of esters is 3. The Morgan fingerprint density at radius 2 is 1.54 bits per heavy atom. The number of aromatic nitrogens is 1. The second kappa shape index (κ2) is 23.2. The van der Waals surface area contributed by atoms with E-state index in [9.17, 15) is 29.4 Å². The van der Waals surface area contributed by atoms with Crippen molar-refractivity contribution in [2.45, 2.75) is 186 Å². The highest BCUT2D eigenvalue weighted by molar-refractivity contribution is 6.03. The van der Waals surface area contributed by atoms with Crippen molar-refractivity contribution in [3.8, 4) is 0 Å². The predicted molar refractivity (Wildman–Crippen MR) is 251 cm³/mol. The van der Waals surface area contributed by atoms with Gasteiger partial charge < -0.3 is 62.5 Å². The molecule has 388 valence electrons. The summed E-state index contributed by atoms with van der Waals surface area (Å²) in [5.41, 5.74) is -3.62. The molecule has 5 rings (SSSR count). The summed E-state index contributed by atoms with van der Waals surface area (Å²) >= 11 is 0. The number of aliphatic hydroxyl groups is 2. The number of cyclic esters (lactones) is 1. The number of pyridine rings is 1. The average Bonchev–Trinajstić information content (AvgIpc) is 3.30. The number of carbonyl (C=O) groups excluding carboxylic acids is 4. The molecule has 18 nitrogen and oxygen atoms in total. The van der Waals surface area contributed by atoms with Crippen LogP contribution in [0.15, 0.2) is 36.5 Å². The summed E-state index contributed by atoms with van der Waals surface area (Å²) in [5.74, 6) is -6.05. The largest absolute Gasteiger partial charge is 0.459 e. The lowest BCUT2D eigenvalue weighted by molar-refractivity contribution is -0.320. The van der Waals surface area contributed by atoms with E-state index in [4.69, 9.17) is 47.4 Å². The third-order valence-corrected chi connectivity index (χ3v) is 14.8. The van der Waals surface area contributed by atoms with Crippen molar-refractivity contribution in [1.82, 2.24) is 9.88 Å². The van der Waals surface area contributed by atoms with E-state index < -0.39 is 120 Å². The number of para-hydroxylation sites is 1. The van der Waals surface area contributed by atoms with Gasteiger partial charge in [0, 0.05) is 62.9 Å². The van der Waals surface area contributed by atoms with Crippen LogP contribution in [0.5, 0.6) is 0 Å². The van der Waals surface area contributed by atoms with Crippen LogP contribution >= 0.6 is 0 Å². The Balaban J connectivity index is 1.58. The summed E-state index contributed by atoms with van der Waals surface area (Å²) < 4.78 is 62.8. The molecule has 3 aliphatic heterocycles. The van der Waals surface area contributed by atoms with Gasteiger partial charge in [0.15, 0.2) is 25.5 Å². The summed E-state index contributed by atoms with van der Waals surface area (Å²) in [5, 5.41) is 25.0. The van der Waals surface area contributed by atoms with Crippen molar-refractivity contribution in [3.05, 3.63) is 42.1 Å². The van der Waals surface area contributed by atoms with Gasteiger partial charge >= 0.3 is 17.9 Å². The minimum Gasteiger partial charge on any atom is -0.459 e. The number of nitrogens with zero attached hydrogens (tertiary/aromatic N) is 2. The molecule has 1 unspecified atom stereocenters. The average molecular weight is 975 g/mol. The summed E-state index contributed by atoms with van der Waals surface area (Å²) in [6.07, 6.45) is -7.67. The molecule has 3 aliphatic rings. The number of benzene rings is 1. The Morgan fingerprint density at radius 3 is 2.16 bits per heavy atom. The number of fused-ring (bicyclic) bond motifs is 1. The number of hydrogen-bond donors (Lipinski definition) is 2. The van der Waals surface area contributed by atoms with Gasteiger partial charge in [0.05, 0.1) is 47.0 Å². The first-order valence-electron chi connectivity index (χ1n) is 24.2. The molecule has 2 aromatic rings. The van der Waals surface area contributed by atoms with Crippen LogP contribution in [0.4, 0.5) is 0 Å². The third-order valence-electron chi connectivity index (χ3n) is 14.8. The van der Waals surface area contributed by atoms with Crippen molar-refractivity contribution in [3.63, 3.8) is 0 Å². The molecule has 18 atom stereocenters. The lowest BCUT2D eigenvalue weighted by atomic mass is 9.73. The van der Waals surface area contributed by atoms with Crippen LogP contribution in [0.3, 0.4) is 0 Å². The lowest BCUT2D eigenvalue weighted by Gasteiger charge is -2.50. The van der Waals surface area contributed by atoms with E-state index in [1.807, 2.05) is 32.8 Å². The zero-order valence-corrected chi connectivity index (χ0v) is 43.2. The van der Waals surface area contributed by atoms with Gasteiger partial charge in [-0.2, -0.15) is 0 Å². The molecule has 0 saturated carbocycles. The van der Waals surface area contributed by atoms with Crippen LogP contribution in [0, 0.1) is 23.7 Å². The molecule has 0 amide bonds. The molecule has 0 spiro atoms. The van der Waals surface area contributed by atoms with Gasteiger partial charge in [0.1, 0.15) is 35.3 Å². The standard InChI is InChI=1S/C51H78N2O16/c1-16-38-51(11,59)44(62-26-63-47(58)35-21-22-52-36-20-18-17-19-34(35)36)29(4)40(55)27(2)24-49(9,60-14)43(69-48-41(56)37(53(12)13)23-28(3)64-48)30(5)42(31(6)46(57)67-38)68-39-25-50(10,61-15)45(32(7)65-39)66-33(8)54/h17-22,27-32,37-39,41-45,48,56,59H,16,23-26H2,1-15H3/t27-,28-,29-,30+,31-,32+,37+,38+,39?,41-,42+,43-,44-,45+,48+,49+,50-,51-/m1/s1. The molecule has 1 aromatic carbocycles. The van der Waals surface area contributed by atoms with Gasteiger partial charge in [0.25, 0.3) is 0 Å². The maximum atomic E-state index is 14.9. The van der Waals surface area contributed by atoms with Crippen molar-refractivity contribution in [1.29, 1.82) is 0 Å². The Hall–Kier alpha value is -3.69. The number of aliphatic hydroxyl groups excluding tert-OH is 1. The summed E-state index contributed by atoms with van der Waals surface area (Å²) in [6.45, 7) is 17.9. The highest BCUT2D eigenvalue weighted by atomic mass is 16.7. The lowest BCUT2D eigenvalue weighted by Crippen LogP contribution is -2.62. The number of methoxy groups -OCH3 is 2. The van der Waals surface area contributed by atoms with Crippen molar-refractivity contribution in [2.75, 3.05) is 35.1 Å². The Labute approximate surface area is 407 Å². The molecule has 2 N–H and O–H groups in total. The van der Waals surface area contributed by atoms with Gasteiger partial charge in [-0.3, -0.25) is 19.4 Å². The maximum absolute atomic E-state index is 14.9. The van der Waals surface area contributed by atoms with Gasteiger partial charge in [-0.05, 0) is 87.0 Å². The molecule has 0 aliphatic carbocycles. The monoisotopic (exact) mass is 975 g/mol. The van der Waals surface area contributed by atoms with Crippen LogP contribution < -0.4 is 0 Å². The van der Waals surface area contributed by atoms with Gasteiger partial charge in [-0.25, -0.2) is 4.79 Å². The van der Waals surface area contributed by atoms with Crippen LogP contribution in [-0.4, -0.2) is 163 Å². The Kier molecular flexibility index (Phi) is 18.9. The van der Waals surface area contributed by atoms with Crippen molar-refractivity contribution < 1.29 is 76.8 Å². The fraction of sp³-hybridized carbons (Fsp3) is 0.745. The Morgan fingerprint density at radius 1 is 0.884 bits per heavy atom. The van der Waals surface area contributed by atoms with Crippen LogP contribution in [-0.2, 0) is 61.8 Å². The summed E-state index contributed by atoms with van der Waals surface area (Å²) in [7, 11) is 6.74. The quantitative estimate of drug-likeness (QED) is 0.146. The second-order valence-electron chi connectivity index (χ2n) is 20.3. The number of ether oxygens (including phenoxy) is 10. The van der Waals surface area contributed by atoms with Crippen molar-refractivity contribution >= 4 is 34.6 Å². The number of rotatable bonds is 13. The first-order chi connectivity index (χ1) is 32.3. The SMILES string of the molecule is CC[C@@H]1OC(=O)[C@H](C)[C@@H](OC2C[C@@](C)(OC)[C@@H](OC(C)=O)[C@H](C)O2)[C@H](C)[C@@H](O[C@@H]2O[C@H](C)C[C@H](N(C)C)[C@H]2O)[C@@](C)(OC)C[C@@H](C)C(=O)[C@@H](C)[C@@H](OCOC(=O)c2ccnc3ccccc23)[C@]1(C)O. The van der Waals surface area contributed by atoms with E-state index in [-0.39, 0.29) is 42.8 Å². The molecule has 3 saturated heterocycles. The summed E-state index contributed by atoms with van der Waals surface area (Å²) in [6, 6.07) is 8.29. The van der Waals surface area contributed by atoms with Crippen LogP contribution in [0.1, 0.15) is 112 Å². The van der Waals surface area contributed by atoms with Gasteiger partial charge in [0.2, 0.25) is 0 Å². The highest BCUT2D eigenvalue weighted by Crippen LogP contribution is 2.42. The molecule has 1 aromatic heterocycles. The predicted octanol–water partition coefficient (Wildman–Crippen LogP) is 5.40. The third kappa shape index (κ3) is 12.5. The minimum atomic E-state index is -2.03. The fourth-order valence-electron chi connectivity index (χ4n) is 10.8.